The van der Waals surface area contributed by atoms with E-state index in [9.17, 15) is 0 Å². The molecule has 2 aromatic carbocycles. The van der Waals surface area contributed by atoms with E-state index in [-0.39, 0.29) is 12.6 Å². The minimum Gasteiger partial charge on any atom is -0.392 e. The van der Waals surface area contributed by atoms with Crippen molar-refractivity contribution in [3.05, 3.63) is 70.8 Å². The molecule has 2 N–H and O–H groups in total. The Kier molecular flexibility index (Phi) is 4.89. The van der Waals surface area contributed by atoms with E-state index in [4.69, 9.17) is 10.4 Å². The Hall–Kier alpha value is -2.15. The zero-order valence-corrected chi connectivity index (χ0v) is 11.5. The van der Waals surface area contributed by atoms with Gasteiger partial charge >= 0.3 is 0 Å². The van der Waals surface area contributed by atoms with Crippen LogP contribution in [0.15, 0.2) is 48.5 Å². The Morgan fingerprint density at radius 1 is 1.15 bits per heavy atom. The summed E-state index contributed by atoms with van der Waals surface area (Å²) >= 11 is 0. The number of hydrogen-bond acceptors (Lipinski definition) is 3. The van der Waals surface area contributed by atoms with Crippen LogP contribution in [0, 0.1) is 11.3 Å². The predicted octanol–water partition coefficient (Wildman–Crippen LogP) is 2.90. The molecule has 0 radical (unpaired) electrons. The maximum Gasteiger partial charge on any atom is 0.0991 e. The van der Waals surface area contributed by atoms with Gasteiger partial charge in [-0.15, -0.1) is 0 Å². The lowest BCUT2D eigenvalue weighted by Crippen LogP contribution is -2.18. The fourth-order valence-electron chi connectivity index (χ4n) is 2.07. The molecule has 0 fully saturated rings. The molecule has 0 aliphatic heterocycles. The lowest BCUT2D eigenvalue weighted by molar-refractivity contribution is 0.281. The Morgan fingerprint density at radius 2 is 1.85 bits per heavy atom. The highest BCUT2D eigenvalue weighted by molar-refractivity contribution is 5.32. The van der Waals surface area contributed by atoms with Crippen LogP contribution in [0.5, 0.6) is 0 Å². The van der Waals surface area contributed by atoms with Gasteiger partial charge < -0.3 is 10.4 Å². The average molecular weight is 266 g/mol. The van der Waals surface area contributed by atoms with Crippen molar-refractivity contribution in [1.29, 1.82) is 5.26 Å². The van der Waals surface area contributed by atoms with Gasteiger partial charge in [0.15, 0.2) is 0 Å². The third kappa shape index (κ3) is 3.67. The van der Waals surface area contributed by atoms with Crippen LogP contribution in [-0.4, -0.2) is 5.11 Å². The number of aliphatic hydroxyl groups excluding tert-OH is 1. The lowest BCUT2D eigenvalue weighted by atomic mass is 10.1. The second-order valence-electron chi connectivity index (χ2n) is 4.81. The van der Waals surface area contributed by atoms with Gasteiger partial charge in [0.05, 0.1) is 18.2 Å². The summed E-state index contributed by atoms with van der Waals surface area (Å²) in [6, 6.07) is 17.8. The van der Waals surface area contributed by atoms with Gasteiger partial charge in [0.2, 0.25) is 0 Å². The summed E-state index contributed by atoms with van der Waals surface area (Å²) in [7, 11) is 0. The number of nitriles is 1. The molecule has 0 aliphatic rings. The molecular formula is C17H18N2O. The number of aliphatic hydroxyl groups is 1. The van der Waals surface area contributed by atoms with Crippen LogP contribution < -0.4 is 5.32 Å². The van der Waals surface area contributed by atoms with Gasteiger partial charge in [-0.3, -0.25) is 0 Å². The van der Waals surface area contributed by atoms with Crippen LogP contribution in [0.3, 0.4) is 0 Å². The summed E-state index contributed by atoms with van der Waals surface area (Å²) in [5.41, 5.74) is 3.91. The summed E-state index contributed by atoms with van der Waals surface area (Å²) in [5.74, 6) is 0. The number of hydrogen-bond donors (Lipinski definition) is 2. The zero-order valence-electron chi connectivity index (χ0n) is 11.5. The molecule has 0 saturated carbocycles. The number of nitrogens with one attached hydrogen (secondary N) is 1. The molecule has 3 nitrogen and oxygen atoms in total. The maximum atomic E-state index is 9.12. The molecule has 0 bridgehead atoms. The third-order valence-electron chi connectivity index (χ3n) is 3.33. The van der Waals surface area contributed by atoms with Gasteiger partial charge in [0.25, 0.3) is 0 Å². The largest absolute Gasteiger partial charge is 0.392 e. The van der Waals surface area contributed by atoms with Crippen molar-refractivity contribution in [2.45, 2.75) is 26.1 Å². The molecule has 0 unspecified atom stereocenters. The number of rotatable bonds is 5. The van der Waals surface area contributed by atoms with Crippen molar-refractivity contribution in [3.63, 3.8) is 0 Å². The van der Waals surface area contributed by atoms with Gasteiger partial charge in [-0.05, 0) is 35.7 Å². The van der Waals surface area contributed by atoms with E-state index >= 15 is 0 Å². The van der Waals surface area contributed by atoms with Crippen LogP contribution in [0.2, 0.25) is 0 Å². The second kappa shape index (κ2) is 6.85. The van der Waals surface area contributed by atoms with Crippen molar-refractivity contribution in [1.82, 2.24) is 5.32 Å². The summed E-state index contributed by atoms with van der Waals surface area (Å²) in [6.07, 6.45) is 0. The molecule has 2 aromatic rings. The van der Waals surface area contributed by atoms with Crippen LogP contribution in [0.4, 0.5) is 0 Å². The van der Waals surface area contributed by atoms with E-state index in [0.29, 0.717) is 5.56 Å². The first-order valence-corrected chi connectivity index (χ1v) is 6.65. The highest BCUT2D eigenvalue weighted by Crippen LogP contribution is 2.14. The summed E-state index contributed by atoms with van der Waals surface area (Å²) in [6.45, 7) is 2.91. The summed E-state index contributed by atoms with van der Waals surface area (Å²) in [5, 5.41) is 21.3. The van der Waals surface area contributed by atoms with E-state index in [0.717, 1.165) is 23.2 Å². The normalized spacial score (nSPS) is 11.8. The molecule has 0 aromatic heterocycles. The minimum atomic E-state index is 0.0685. The van der Waals surface area contributed by atoms with Gasteiger partial charge in [0, 0.05) is 12.6 Å². The van der Waals surface area contributed by atoms with Gasteiger partial charge in [0.1, 0.15) is 0 Å². The Bertz CT molecular complexity index is 599. The standard InChI is InChI=1S/C17H18N2O/c1-13(17-7-5-14(10-18)6-8-17)19-11-15-3-2-4-16(9-15)12-20/h2-9,13,19-20H,11-12H2,1H3/t13-/m1/s1. The molecule has 1 atom stereocenters. The number of nitrogens with zero attached hydrogens (tertiary/aromatic N) is 1. The molecule has 102 valence electrons. The minimum absolute atomic E-state index is 0.0685. The molecule has 0 spiro atoms. The third-order valence-corrected chi connectivity index (χ3v) is 3.33. The van der Waals surface area contributed by atoms with E-state index in [1.165, 1.54) is 0 Å². The van der Waals surface area contributed by atoms with E-state index in [1.807, 2.05) is 48.5 Å². The first-order chi connectivity index (χ1) is 9.72. The Morgan fingerprint density at radius 3 is 2.50 bits per heavy atom. The van der Waals surface area contributed by atoms with Crippen molar-refractivity contribution in [3.8, 4) is 6.07 Å². The van der Waals surface area contributed by atoms with E-state index < -0.39 is 0 Å². The SMILES string of the molecule is C[C@@H](NCc1cccc(CO)c1)c1ccc(C#N)cc1. The van der Waals surface area contributed by atoms with E-state index in [1.54, 1.807) is 0 Å². The maximum absolute atomic E-state index is 9.12. The molecule has 2 rings (SSSR count). The second-order valence-corrected chi connectivity index (χ2v) is 4.81. The first kappa shape index (κ1) is 14.3. The van der Waals surface area contributed by atoms with Gasteiger partial charge in [-0.2, -0.15) is 5.26 Å². The van der Waals surface area contributed by atoms with Crippen molar-refractivity contribution in [2.24, 2.45) is 0 Å². The molecule has 20 heavy (non-hydrogen) atoms. The molecule has 0 amide bonds. The molecule has 3 heteroatoms. The topological polar surface area (TPSA) is 56.0 Å². The van der Waals surface area contributed by atoms with Crippen LogP contribution in [0.1, 0.15) is 35.2 Å². The first-order valence-electron chi connectivity index (χ1n) is 6.65. The lowest BCUT2D eigenvalue weighted by Gasteiger charge is -2.14. The fourth-order valence-corrected chi connectivity index (χ4v) is 2.07. The van der Waals surface area contributed by atoms with Gasteiger partial charge in [-0.25, -0.2) is 0 Å². The average Bonchev–Trinajstić information content (AvgIpc) is 2.53. The van der Waals surface area contributed by atoms with Crippen molar-refractivity contribution in [2.75, 3.05) is 0 Å². The van der Waals surface area contributed by atoms with Crippen molar-refractivity contribution < 1.29 is 5.11 Å². The fraction of sp³-hybridized carbons (Fsp3) is 0.235. The summed E-state index contributed by atoms with van der Waals surface area (Å²) in [4.78, 5) is 0. The van der Waals surface area contributed by atoms with Gasteiger partial charge in [-0.1, -0.05) is 36.4 Å². The molecule has 0 aliphatic carbocycles. The smallest absolute Gasteiger partial charge is 0.0991 e. The van der Waals surface area contributed by atoms with Crippen LogP contribution in [0.25, 0.3) is 0 Å². The Balaban J connectivity index is 1.97. The molecular weight excluding hydrogens is 248 g/mol. The summed E-state index contributed by atoms with van der Waals surface area (Å²) < 4.78 is 0. The Labute approximate surface area is 119 Å². The van der Waals surface area contributed by atoms with Crippen molar-refractivity contribution >= 4 is 0 Å². The highest BCUT2D eigenvalue weighted by atomic mass is 16.3. The predicted molar refractivity (Wildman–Crippen MR) is 78.8 cm³/mol. The molecule has 0 saturated heterocycles. The number of benzene rings is 2. The highest BCUT2D eigenvalue weighted by Gasteiger charge is 2.05. The van der Waals surface area contributed by atoms with Crippen LogP contribution >= 0.6 is 0 Å². The molecule has 0 heterocycles. The monoisotopic (exact) mass is 266 g/mol. The quantitative estimate of drug-likeness (QED) is 0.875. The van der Waals surface area contributed by atoms with E-state index in [2.05, 4.69) is 18.3 Å². The zero-order chi connectivity index (χ0) is 14.4. The van der Waals surface area contributed by atoms with Crippen LogP contribution in [-0.2, 0) is 13.2 Å².